The standard InChI is InChI=1S/C46H56N5O8P/c1-30(49-44(57)59-45(4,5)6)39(52)50-38(28-33-24-26-37(27-25-33)60(35-20-14-10-15-21-35)36-22-16-11-17-23-36)41(54)47-31(2)40(53)51-46(7,8)43(56)48-32(3)42(55)58-29-34-18-12-9-13-19-34/h9-27,30-32,38H,28-29H2,1-8H3,(H,47,54)(H,48,56)(H,49,57)(H,50,52)(H,51,53)/t30-,31-,32-,38-/m0/s1. The fourth-order valence-corrected chi connectivity index (χ4v) is 8.10. The van der Waals surface area contributed by atoms with Crippen molar-refractivity contribution in [2.24, 2.45) is 0 Å². The Bertz CT molecular complexity index is 2040. The molecular weight excluding hydrogens is 782 g/mol. The first kappa shape index (κ1) is 46.6. The zero-order valence-electron chi connectivity index (χ0n) is 35.4. The number of hydrogen-bond donors (Lipinski definition) is 5. The summed E-state index contributed by atoms with van der Waals surface area (Å²) in [5.74, 6) is -3.32. The van der Waals surface area contributed by atoms with Gasteiger partial charge in [0.15, 0.2) is 0 Å². The first-order valence-electron chi connectivity index (χ1n) is 19.8. The van der Waals surface area contributed by atoms with Gasteiger partial charge in [-0.3, -0.25) is 19.2 Å². The second kappa shape index (κ2) is 21.3. The summed E-state index contributed by atoms with van der Waals surface area (Å²) in [6.07, 6.45) is -0.753. The number of esters is 1. The van der Waals surface area contributed by atoms with Crippen LogP contribution < -0.4 is 42.5 Å². The molecule has 0 aliphatic heterocycles. The van der Waals surface area contributed by atoms with Crippen LogP contribution in [0.3, 0.4) is 0 Å². The molecule has 5 N–H and O–H groups in total. The zero-order chi connectivity index (χ0) is 44.0. The van der Waals surface area contributed by atoms with Crippen molar-refractivity contribution in [1.29, 1.82) is 0 Å². The molecule has 0 saturated heterocycles. The van der Waals surface area contributed by atoms with E-state index in [0.717, 1.165) is 16.4 Å². The molecule has 4 rings (SSSR count). The van der Waals surface area contributed by atoms with Gasteiger partial charge in [-0.1, -0.05) is 115 Å². The van der Waals surface area contributed by atoms with Crippen LogP contribution in [0.4, 0.5) is 4.79 Å². The number of nitrogens with one attached hydrogen (secondary N) is 5. The number of benzene rings is 4. The highest BCUT2D eigenvalue weighted by molar-refractivity contribution is 7.79. The van der Waals surface area contributed by atoms with E-state index in [2.05, 4.69) is 50.8 Å². The van der Waals surface area contributed by atoms with E-state index in [4.69, 9.17) is 9.47 Å². The van der Waals surface area contributed by atoms with E-state index < -0.39 is 78.9 Å². The average molecular weight is 838 g/mol. The molecule has 0 radical (unpaired) electrons. The summed E-state index contributed by atoms with van der Waals surface area (Å²) in [5, 5.41) is 16.5. The minimum atomic E-state index is -1.50. The first-order valence-corrected chi connectivity index (χ1v) is 21.1. The van der Waals surface area contributed by atoms with E-state index in [1.165, 1.54) is 45.2 Å². The lowest BCUT2D eigenvalue weighted by molar-refractivity contribution is -0.149. The van der Waals surface area contributed by atoms with Crippen molar-refractivity contribution in [2.45, 2.75) is 104 Å². The molecule has 14 heteroatoms. The van der Waals surface area contributed by atoms with Crippen molar-refractivity contribution in [3.05, 3.63) is 126 Å². The molecule has 0 heterocycles. The number of hydrogen-bond acceptors (Lipinski definition) is 8. The molecule has 4 aromatic rings. The van der Waals surface area contributed by atoms with Gasteiger partial charge in [0.25, 0.3) is 0 Å². The van der Waals surface area contributed by atoms with Crippen molar-refractivity contribution in [3.63, 3.8) is 0 Å². The normalized spacial score (nSPS) is 13.4. The number of carbonyl (C=O) groups excluding carboxylic acids is 6. The lowest BCUT2D eigenvalue weighted by Crippen LogP contribution is -2.61. The minimum Gasteiger partial charge on any atom is -0.459 e. The van der Waals surface area contributed by atoms with Crippen LogP contribution in [-0.2, 0) is 46.5 Å². The number of ether oxygens (including phenoxy) is 2. The van der Waals surface area contributed by atoms with Gasteiger partial charge in [0, 0.05) is 6.42 Å². The van der Waals surface area contributed by atoms with E-state index in [1.807, 2.05) is 91.0 Å². The van der Waals surface area contributed by atoms with Crippen molar-refractivity contribution < 1.29 is 38.2 Å². The summed E-state index contributed by atoms with van der Waals surface area (Å²) in [6, 6.07) is 32.9. The Hall–Kier alpha value is -6.07. The first-order chi connectivity index (χ1) is 28.3. The van der Waals surface area contributed by atoms with E-state index >= 15 is 0 Å². The maximum atomic E-state index is 13.9. The molecule has 318 valence electrons. The second-order valence-electron chi connectivity index (χ2n) is 15.9. The number of alkyl carbamates (subject to hydrolysis) is 1. The Morgan fingerprint density at radius 1 is 0.550 bits per heavy atom. The smallest absolute Gasteiger partial charge is 0.408 e. The molecular formula is C46H56N5O8P. The molecule has 60 heavy (non-hydrogen) atoms. The van der Waals surface area contributed by atoms with Gasteiger partial charge < -0.3 is 36.1 Å². The minimum absolute atomic E-state index is 0.0346. The number of rotatable bonds is 17. The van der Waals surface area contributed by atoms with E-state index in [0.29, 0.717) is 0 Å². The van der Waals surface area contributed by atoms with E-state index in [1.54, 1.807) is 20.8 Å². The van der Waals surface area contributed by atoms with Crippen LogP contribution in [0.25, 0.3) is 0 Å². The van der Waals surface area contributed by atoms with Crippen molar-refractivity contribution in [1.82, 2.24) is 26.6 Å². The molecule has 4 aromatic carbocycles. The maximum Gasteiger partial charge on any atom is 0.408 e. The van der Waals surface area contributed by atoms with Crippen LogP contribution in [0, 0.1) is 0 Å². The fraction of sp³-hybridized carbons (Fsp3) is 0.348. The molecule has 0 aliphatic rings. The predicted molar refractivity (Wildman–Crippen MR) is 233 cm³/mol. The highest BCUT2D eigenvalue weighted by atomic mass is 31.1. The molecule has 0 bridgehead atoms. The van der Waals surface area contributed by atoms with Gasteiger partial charge in [0.2, 0.25) is 23.6 Å². The summed E-state index contributed by atoms with van der Waals surface area (Å²) in [5.41, 5.74) is -0.777. The summed E-state index contributed by atoms with van der Waals surface area (Å²) in [7, 11) is -0.884. The van der Waals surface area contributed by atoms with Crippen molar-refractivity contribution in [3.8, 4) is 0 Å². The summed E-state index contributed by atoms with van der Waals surface area (Å²) < 4.78 is 10.6. The Morgan fingerprint density at radius 3 is 1.58 bits per heavy atom. The molecule has 4 atom stereocenters. The summed E-state index contributed by atoms with van der Waals surface area (Å²) in [6.45, 7) is 12.4. The van der Waals surface area contributed by atoms with Gasteiger partial charge in [0.05, 0.1) is 0 Å². The zero-order valence-corrected chi connectivity index (χ0v) is 36.3. The third-order valence-corrected chi connectivity index (χ3v) is 11.5. The van der Waals surface area contributed by atoms with Crippen LogP contribution in [0.1, 0.15) is 66.5 Å². The lowest BCUT2D eigenvalue weighted by atomic mass is 10.0. The van der Waals surface area contributed by atoms with E-state index in [9.17, 15) is 28.8 Å². The Kier molecular flexibility index (Phi) is 16.5. The number of carbonyl (C=O) groups is 6. The third-order valence-electron chi connectivity index (χ3n) is 9.10. The fourth-order valence-electron chi connectivity index (χ4n) is 5.82. The Morgan fingerprint density at radius 2 is 1.05 bits per heavy atom. The molecule has 13 nitrogen and oxygen atoms in total. The average Bonchev–Trinajstić information content (AvgIpc) is 3.20. The van der Waals surface area contributed by atoms with Crippen LogP contribution >= 0.6 is 7.92 Å². The SMILES string of the molecule is C[C@H](NC(=O)OC(C)(C)C)C(=O)N[C@@H](Cc1ccc(P(c2ccccc2)c2ccccc2)cc1)C(=O)N[C@@H](C)C(=O)NC(C)(C)C(=O)N[C@@H](C)C(=O)OCc1ccccc1. The van der Waals surface area contributed by atoms with E-state index in [-0.39, 0.29) is 13.0 Å². The number of amides is 5. The van der Waals surface area contributed by atoms with Gasteiger partial charge in [-0.2, -0.15) is 0 Å². The quantitative estimate of drug-likeness (QED) is 0.0781. The molecule has 0 unspecified atom stereocenters. The highest BCUT2D eigenvalue weighted by Gasteiger charge is 2.35. The van der Waals surface area contributed by atoms with Gasteiger partial charge in [-0.25, -0.2) is 9.59 Å². The maximum absolute atomic E-state index is 13.9. The van der Waals surface area contributed by atoms with Gasteiger partial charge in [-0.15, -0.1) is 0 Å². The summed E-state index contributed by atoms with van der Waals surface area (Å²) in [4.78, 5) is 79.0. The second-order valence-corrected chi connectivity index (χ2v) is 18.2. The Balaban J connectivity index is 1.46. The van der Waals surface area contributed by atoms with Crippen LogP contribution in [0.2, 0.25) is 0 Å². The van der Waals surface area contributed by atoms with Gasteiger partial charge in [-0.05, 0) is 90.4 Å². The molecule has 0 aliphatic carbocycles. The topological polar surface area (TPSA) is 181 Å². The lowest BCUT2D eigenvalue weighted by Gasteiger charge is -2.29. The highest BCUT2D eigenvalue weighted by Crippen LogP contribution is 2.32. The molecule has 0 fully saturated rings. The van der Waals surface area contributed by atoms with Gasteiger partial charge >= 0.3 is 12.1 Å². The molecule has 5 amide bonds. The molecule has 0 aromatic heterocycles. The molecule has 0 saturated carbocycles. The van der Waals surface area contributed by atoms with Crippen LogP contribution in [-0.4, -0.2) is 71.0 Å². The van der Waals surface area contributed by atoms with Crippen LogP contribution in [0.5, 0.6) is 0 Å². The van der Waals surface area contributed by atoms with Gasteiger partial charge in [0.1, 0.15) is 41.9 Å². The molecule has 0 spiro atoms. The predicted octanol–water partition coefficient (Wildman–Crippen LogP) is 4.03. The van der Waals surface area contributed by atoms with Crippen LogP contribution in [0.15, 0.2) is 115 Å². The van der Waals surface area contributed by atoms with Crippen molar-refractivity contribution in [2.75, 3.05) is 0 Å². The Labute approximate surface area is 353 Å². The largest absolute Gasteiger partial charge is 0.459 e. The summed E-state index contributed by atoms with van der Waals surface area (Å²) >= 11 is 0. The van der Waals surface area contributed by atoms with Crippen molar-refractivity contribution >= 4 is 59.5 Å². The monoisotopic (exact) mass is 837 g/mol. The third kappa shape index (κ3) is 14.3.